The highest BCUT2D eigenvalue weighted by Crippen LogP contribution is 2.31. The molecule has 2 aromatic heterocycles. The smallest absolute Gasteiger partial charge is 0.354 e. The number of benzene rings is 1. The molecule has 3 heterocycles. The highest BCUT2D eigenvalue weighted by Gasteiger charge is 2.26. The van der Waals surface area contributed by atoms with Crippen molar-refractivity contribution in [3.05, 3.63) is 58.6 Å². The lowest BCUT2D eigenvalue weighted by Crippen LogP contribution is -2.49. The number of carbonyl (C=O) groups is 2. The minimum atomic E-state index is -1.04. The Labute approximate surface area is 160 Å². The molecule has 7 heteroatoms. The van der Waals surface area contributed by atoms with Gasteiger partial charge < -0.3 is 14.9 Å². The Balaban J connectivity index is 1.48. The number of aromatic carboxylic acids is 1. The number of rotatable bonds is 3. The van der Waals surface area contributed by atoms with Crippen LogP contribution in [0, 0.1) is 6.92 Å². The topological polar surface area (TPSA) is 73.7 Å². The number of aryl methyl sites for hydroxylation is 1. The van der Waals surface area contributed by atoms with Crippen LogP contribution in [0.25, 0.3) is 10.1 Å². The van der Waals surface area contributed by atoms with Gasteiger partial charge in [-0.25, -0.2) is 9.78 Å². The van der Waals surface area contributed by atoms with Gasteiger partial charge in [0, 0.05) is 30.9 Å². The number of fused-ring (bicyclic) bond motifs is 1. The third kappa shape index (κ3) is 3.26. The molecule has 4 rings (SSSR count). The summed E-state index contributed by atoms with van der Waals surface area (Å²) in [7, 11) is 0. The van der Waals surface area contributed by atoms with E-state index in [1.807, 2.05) is 34.9 Å². The van der Waals surface area contributed by atoms with Crippen molar-refractivity contribution in [1.82, 2.24) is 9.88 Å². The number of carbonyl (C=O) groups excluding carboxylic acids is 1. The van der Waals surface area contributed by atoms with E-state index in [0.717, 1.165) is 20.5 Å². The first kappa shape index (κ1) is 17.5. The number of thiophene rings is 1. The number of carboxylic acids is 1. The maximum atomic E-state index is 13.0. The lowest BCUT2D eigenvalue weighted by Gasteiger charge is -2.35. The van der Waals surface area contributed by atoms with Gasteiger partial charge in [-0.3, -0.25) is 4.79 Å². The van der Waals surface area contributed by atoms with Crippen LogP contribution in [0.1, 0.15) is 25.7 Å². The third-order valence-electron chi connectivity index (χ3n) is 4.88. The van der Waals surface area contributed by atoms with E-state index < -0.39 is 5.97 Å². The zero-order valence-corrected chi connectivity index (χ0v) is 15.7. The summed E-state index contributed by atoms with van der Waals surface area (Å²) in [6.45, 7) is 4.44. The van der Waals surface area contributed by atoms with E-state index in [-0.39, 0.29) is 11.6 Å². The highest BCUT2D eigenvalue weighted by molar-refractivity contribution is 7.21. The van der Waals surface area contributed by atoms with Crippen molar-refractivity contribution in [2.24, 2.45) is 0 Å². The fourth-order valence-electron chi connectivity index (χ4n) is 3.38. The van der Waals surface area contributed by atoms with E-state index in [2.05, 4.69) is 11.1 Å². The summed E-state index contributed by atoms with van der Waals surface area (Å²) in [5.41, 5.74) is 1.07. The highest BCUT2D eigenvalue weighted by atomic mass is 32.1. The van der Waals surface area contributed by atoms with Crippen LogP contribution >= 0.6 is 11.3 Å². The molecule has 0 bridgehead atoms. The van der Waals surface area contributed by atoms with Crippen LogP contribution in [0.4, 0.5) is 5.82 Å². The lowest BCUT2D eigenvalue weighted by molar-refractivity contribution is 0.0690. The zero-order chi connectivity index (χ0) is 19.0. The predicted molar refractivity (Wildman–Crippen MR) is 106 cm³/mol. The second-order valence-corrected chi connectivity index (χ2v) is 7.57. The van der Waals surface area contributed by atoms with Gasteiger partial charge in [0.1, 0.15) is 5.82 Å². The van der Waals surface area contributed by atoms with E-state index in [0.29, 0.717) is 32.0 Å². The van der Waals surface area contributed by atoms with Gasteiger partial charge in [-0.05, 0) is 36.1 Å². The summed E-state index contributed by atoms with van der Waals surface area (Å²) in [5.74, 6) is -0.327. The fourth-order valence-corrected chi connectivity index (χ4v) is 4.56. The van der Waals surface area contributed by atoms with Gasteiger partial charge in [-0.15, -0.1) is 11.3 Å². The van der Waals surface area contributed by atoms with E-state index in [1.165, 1.54) is 6.07 Å². The molecule has 138 valence electrons. The van der Waals surface area contributed by atoms with Crippen LogP contribution < -0.4 is 4.90 Å². The Bertz CT molecular complexity index is 1020. The van der Waals surface area contributed by atoms with E-state index in [1.54, 1.807) is 23.5 Å². The van der Waals surface area contributed by atoms with Crippen LogP contribution in [0.3, 0.4) is 0 Å². The molecule has 1 aliphatic rings. The number of hydrogen-bond donors (Lipinski definition) is 1. The first-order valence-electron chi connectivity index (χ1n) is 8.77. The van der Waals surface area contributed by atoms with Crippen LogP contribution in [0.15, 0.2) is 42.5 Å². The van der Waals surface area contributed by atoms with Gasteiger partial charge in [0.15, 0.2) is 5.69 Å². The maximum Gasteiger partial charge on any atom is 0.354 e. The summed E-state index contributed by atoms with van der Waals surface area (Å²) in [4.78, 5) is 33.0. The average Bonchev–Trinajstić information content (AvgIpc) is 3.04. The van der Waals surface area contributed by atoms with Crippen molar-refractivity contribution in [1.29, 1.82) is 0 Å². The molecule has 0 saturated carbocycles. The van der Waals surface area contributed by atoms with Gasteiger partial charge in [-0.2, -0.15) is 0 Å². The molecule has 1 aromatic carbocycles. The first-order valence-corrected chi connectivity index (χ1v) is 9.59. The predicted octanol–water partition coefficient (Wildman–Crippen LogP) is 3.27. The monoisotopic (exact) mass is 381 g/mol. The molecule has 0 spiro atoms. The maximum absolute atomic E-state index is 13.0. The molecule has 0 unspecified atom stereocenters. The number of nitrogens with zero attached hydrogens (tertiary/aromatic N) is 3. The number of pyridine rings is 1. The molecule has 1 fully saturated rings. The van der Waals surface area contributed by atoms with Crippen molar-refractivity contribution in [2.75, 3.05) is 31.1 Å². The third-order valence-corrected chi connectivity index (χ3v) is 6.14. The molecule has 0 aliphatic carbocycles. The van der Waals surface area contributed by atoms with Crippen LogP contribution in [0.2, 0.25) is 0 Å². The van der Waals surface area contributed by atoms with Crippen LogP contribution in [-0.4, -0.2) is 53.0 Å². The van der Waals surface area contributed by atoms with Gasteiger partial charge in [0.2, 0.25) is 0 Å². The number of hydrogen-bond acceptors (Lipinski definition) is 5. The molecule has 1 N–H and O–H groups in total. The Morgan fingerprint density at radius 3 is 2.48 bits per heavy atom. The Morgan fingerprint density at radius 1 is 1.04 bits per heavy atom. The number of carboxylic acid groups (broad SMARTS) is 1. The summed E-state index contributed by atoms with van der Waals surface area (Å²) < 4.78 is 1.13. The molecule has 6 nitrogen and oxygen atoms in total. The van der Waals surface area contributed by atoms with E-state index in [4.69, 9.17) is 5.11 Å². The largest absolute Gasteiger partial charge is 0.477 e. The molecular formula is C20H19N3O3S. The SMILES string of the molecule is Cc1c(C(=O)N2CCN(c3cccc(C(=O)O)n3)CC2)sc2ccccc12. The number of piperazine rings is 1. The first-order chi connectivity index (χ1) is 13.0. The minimum Gasteiger partial charge on any atom is -0.477 e. The van der Waals surface area contributed by atoms with E-state index in [9.17, 15) is 9.59 Å². The number of anilines is 1. The standard InChI is InChI=1S/C20H19N3O3S/c1-13-14-5-2-3-7-16(14)27-18(13)19(24)23-11-9-22(10-12-23)17-8-4-6-15(21-17)20(25)26/h2-8H,9-12H2,1H3,(H,25,26). The van der Waals surface area contributed by atoms with Crippen molar-refractivity contribution in [3.8, 4) is 0 Å². The summed E-state index contributed by atoms with van der Waals surface area (Å²) >= 11 is 1.55. The van der Waals surface area contributed by atoms with Gasteiger partial charge in [-0.1, -0.05) is 24.3 Å². The van der Waals surface area contributed by atoms with Crippen molar-refractivity contribution in [3.63, 3.8) is 0 Å². The van der Waals surface area contributed by atoms with Crippen LogP contribution in [0.5, 0.6) is 0 Å². The Hall–Kier alpha value is -2.93. The number of aromatic nitrogens is 1. The summed E-state index contributed by atoms with van der Waals surface area (Å²) in [6, 6.07) is 13.1. The summed E-state index contributed by atoms with van der Waals surface area (Å²) in [5, 5.41) is 10.2. The second kappa shape index (κ2) is 7.00. The van der Waals surface area contributed by atoms with Gasteiger partial charge in [0.25, 0.3) is 5.91 Å². The molecule has 1 saturated heterocycles. The van der Waals surface area contributed by atoms with Crippen molar-refractivity contribution < 1.29 is 14.7 Å². The molecule has 1 aliphatic heterocycles. The average molecular weight is 381 g/mol. The molecule has 27 heavy (non-hydrogen) atoms. The molecule has 0 atom stereocenters. The molecule has 1 amide bonds. The quantitative estimate of drug-likeness (QED) is 0.754. The number of amides is 1. The second-order valence-electron chi connectivity index (χ2n) is 6.52. The van der Waals surface area contributed by atoms with E-state index >= 15 is 0 Å². The molecular weight excluding hydrogens is 362 g/mol. The lowest BCUT2D eigenvalue weighted by atomic mass is 10.1. The van der Waals surface area contributed by atoms with Crippen molar-refractivity contribution in [2.45, 2.75) is 6.92 Å². The Morgan fingerprint density at radius 2 is 1.78 bits per heavy atom. The fraction of sp³-hybridized carbons (Fsp3) is 0.250. The van der Waals surface area contributed by atoms with Gasteiger partial charge >= 0.3 is 5.97 Å². The summed E-state index contributed by atoms with van der Waals surface area (Å²) in [6.07, 6.45) is 0. The zero-order valence-electron chi connectivity index (χ0n) is 14.9. The van der Waals surface area contributed by atoms with Crippen molar-refractivity contribution >= 4 is 39.1 Å². The van der Waals surface area contributed by atoms with Gasteiger partial charge in [0.05, 0.1) is 4.88 Å². The van der Waals surface area contributed by atoms with Crippen LogP contribution in [-0.2, 0) is 0 Å². The Kier molecular flexibility index (Phi) is 4.53. The molecule has 0 radical (unpaired) electrons. The normalized spacial score (nSPS) is 14.6. The minimum absolute atomic E-state index is 0.0342. The molecule has 3 aromatic rings.